The Hall–Kier alpha value is -3.16. The van der Waals surface area contributed by atoms with Crippen molar-refractivity contribution in [2.24, 2.45) is 4.99 Å². The molecular formula is C23H20N4O2S. The number of amidine groups is 1. The molecular weight excluding hydrogens is 396 g/mol. The molecule has 3 heterocycles. The molecule has 7 heteroatoms. The van der Waals surface area contributed by atoms with Crippen molar-refractivity contribution in [3.05, 3.63) is 77.3 Å². The van der Waals surface area contributed by atoms with E-state index in [0.29, 0.717) is 18.1 Å². The Morgan fingerprint density at radius 1 is 0.967 bits per heavy atom. The maximum absolute atomic E-state index is 12.6. The van der Waals surface area contributed by atoms with Crippen LogP contribution >= 0.6 is 11.8 Å². The summed E-state index contributed by atoms with van der Waals surface area (Å²) in [7, 11) is 0. The smallest absolute Gasteiger partial charge is 0.286 e. The normalized spacial score (nSPS) is 18.1. The Labute approximate surface area is 178 Å². The predicted octanol–water partition coefficient (Wildman–Crippen LogP) is 3.84. The third kappa shape index (κ3) is 3.81. The molecule has 0 unspecified atom stereocenters. The maximum Gasteiger partial charge on any atom is 0.286 e. The molecule has 2 aliphatic heterocycles. The second-order valence-electron chi connectivity index (χ2n) is 6.99. The van der Waals surface area contributed by atoms with Crippen molar-refractivity contribution in [3.8, 4) is 16.9 Å². The molecule has 2 aromatic carbocycles. The molecule has 0 saturated carbocycles. The highest BCUT2D eigenvalue weighted by Gasteiger charge is 2.27. The number of thioether (sulfide) groups is 1. The van der Waals surface area contributed by atoms with Crippen molar-refractivity contribution >= 4 is 28.9 Å². The molecule has 5 rings (SSSR count). The van der Waals surface area contributed by atoms with Gasteiger partial charge in [0.15, 0.2) is 5.17 Å². The number of amides is 1. The van der Waals surface area contributed by atoms with Gasteiger partial charge in [0.25, 0.3) is 5.91 Å². The molecule has 0 bridgehead atoms. The molecule has 0 radical (unpaired) electrons. The van der Waals surface area contributed by atoms with Crippen LogP contribution in [0.3, 0.4) is 0 Å². The number of aromatic nitrogens is 2. The molecule has 0 aliphatic carbocycles. The van der Waals surface area contributed by atoms with Gasteiger partial charge in [-0.15, -0.1) is 0 Å². The summed E-state index contributed by atoms with van der Waals surface area (Å²) in [5.41, 5.74) is 3.69. The third-order valence-corrected chi connectivity index (χ3v) is 6.03. The molecule has 2 aliphatic rings. The van der Waals surface area contributed by atoms with Crippen molar-refractivity contribution < 1.29 is 9.53 Å². The highest BCUT2D eigenvalue weighted by Crippen LogP contribution is 2.33. The SMILES string of the molecule is O=C1N=C(N2CCOCC2)S/C1=C/c1cn(-c2ccccc2)nc1-c1ccccc1. The van der Waals surface area contributed by atoms with Crippen LogP contribution in [-0.4, -0.2) is 52.1 Å². The van der Waals surface area contributed by atoms with Gasteiger partial charge < -0.3 is 9.64 Å². The largest absolute Gasteiger partial charge is 0.378 e. The van der Waals surface area contributed by atoms with Crippen molar-refractivity contribution in [1.82, 2.24) is 14.7 Å². The number of rotatable bonds is 3. The van der Waals surface area contributed by atoms with Gasteiger partial charge in [0.2, 0.25) is 0 Å². The van der Waals surface area contributed by atoms with Crippen LogP contribution in [0.5, 0.6) is 0 Å². The van der Waals surface area contributed by atoms with E-state index in [4.69, 9.17) is 9.84 Å². The van der Waals surface area contributed by atoms with Gasteiger partial charge in [0.05, 0.1) is 29.5 Å². The predicted molar refractivity (Wildman–Crippen MR) is 119 cm³/mol. The lowest BCUT2D eigenvalue weighted by Gasteiger charge is -2.27. The van der Waals surface area contributed by atoms with Gasteiger partial charge in [-0.1, -0.05) is 48.5 Å². The van der Waals surface area contributed by atoms with E-state index < -0.39 is 0 Å². The van der Waals surface area contributed by atoms with E-state index in [1.165, 1.54) is 11.8 Å². The van der Waals surface area contributed by atoms with Gasteiger partial charge in [-0.3, -0.25) is 4.79 Å². The molecule has 6 nitrogen and oxygen atoms in total. The third-order valence-electron chi connectivity index (χ3n) is 4.99. The number of aliphatic imine (C=N–C) groups is 1. The highest BCUT2D eigenvalue weighted by molar-refractivity contribution is 8.18. The minimum absolute atomic E-state index is 0.201. The summed E-state index contributed by atoms with van der Waals surface area (Å²) in [5, 5.41) is 5.57. The van der Waals surface area contributed by atoms with Crippen LogP contribution in [0.15, 0.2) is 76.8 Å². The van der Waals surface area contributed by atoms with E-state index in [2.05, 4.69) is 9.89 Å². The van der Waals surface area contributed by atoms with Gasteiger partial charge in [0, 0.05) is 30.4 Å². The average Bonchev–Trinajstić information content (AvgIpc) is 3.40. The number of morpholine rings is 1. The number of benzene rings is 2. The quantitative estimate of drug-likeness (QED) is 0.607. The minimum atomic E-state index is -0.201. The molecule has 150 valence electrons. The maximum atomic E-state index is 12.6. The zero-order valence-corrected chi connectivity index (χ0v) is 17.1. The van der Waals surface area contributed by atoms with Crippen molar-refractivity contribution in [2.45, 2.75) is 0 Å². The Balaban J connectivity index is 1.50. The summed E-state index contributed by atoms with van der Waals surface area (Å²) in [6.07, 6.45) is 3.87. The first kappa shape index (κ1) is 18.8. The van der Waals surface area contributed by atoms with Gasteiger partial charge in [0.1, 0.15) is 0 Å². The van der Waals surface area contributed by atoms with Crippen LogP contribution < -0.4 is 0 Å². The average molecular weight is 417 g/mol. The lowest BCUT2D eigenvalue weighted by atomic mass is 10.1. The second-order valence-corrected chi connectivity index (χ2v) is 8.00. The van der Waals surface area contributed by atoms with Crippen molar-refractivity contribution in [2.75, 3.05) is 26.3 Å². The lowest BCUT2D eigenvalue weighted by molar-refractivity contribution is -0.113. The highest BCUT2D eigenvalue weighted by atomic mass is 32.2. The van der Waals surface area contributed by atoms with E-state index in [1.807, 2.05) is 77.6 Å². The van der Waals surface area contributed by atoms with Gasteiger partial charge in [-0.25, -0.2) is 4.68 Å². The number of carbonyl (C=O) groups excluding carboxylic acids is 1. The fourth-order valence-corrected chi connectivity index (χ4v) is 4.41. The second kappa shape index (κ2) is 8.30. The van der Waals surface area contributed by atoms with Crippen LogP contribution in [0.25, 0.3) is 23.0 Å². The van der Waals surface area contributed by atoms with Crippen LogP contribution in [0, 0.1) is 0 Å². The van der Waals surface area contributed by atoms with E-state index in [9.17, 15) is 4.79 Å². The minimum Gasteiger partial charge on any atom is -0.378 e. The summed E-state index contributed by atoms with van der Waals surface area (Å²) in [6.45, 7) is 2.84. The number of nitrogens with zero attached hydrogens (tertiary/aromatic N) is 4. The zero-order valence-electron chi connectivity index (χ0n) is 16.3. The topological polar surface area (TPSA) is 59.7 Å². The monoisotopic (exact) mass is 416 g/mol. The molecule has 1 amide bonds. The first-order valence-corrected chi connectivity index (χ1v) is 10.7. The van der Waals surface area contributed by atoms with Crippen LogP contribution in [0.2, 0.25) is 0 Å². The fourth-order valence-electron chi connectivity index (χ4n) is 3.46. The lowest BCUT2D eigenvalue weighted by Crippen LogP contribution is -2.38. The van der Waals surface area contributed by atoms with Crippen LogP contribution in [-0.2, 0) is 9.53 Å². The van der Waals surface area contributed by atoms with Gasteiger partial charge >= 0.3 is 0 Å². The number of ether oxygens (including phenoxy) is 1. The van der Waals surface area contributed by atoms with E-state index in [0.717, 1.165) is 40.8 Å². The molecule has 1 aromatic heterocycles. The van der Waals surface area contributed by atoms with Gasteiger partial charge in [-0.2, -0.15) is 10.1 Å². The molecule has 0 N–H and O–H groups in total. The molecule has 1 fully saturated rings. The van der Waals surface area contributed by atoms with E-state index in [1.54, 1.807) is 0 Å². The number of para-hydroxylation sites is 1. The molecule has 1 saturated heterocycles. The Morgan fingerprint density at radius 3 is 2.40 bits per heavy atom. The fraction of sp³-hybridized carbons (Fsp3) is 0.174. The van der Waals surface area contributed by atoms with Gasteiger partial charge in [-0.05, 0) is 30.0 Å². The zero-order chi connectivity index (χ0) is 20.3. The molecule has 3 aromatic rings. The standard InChI is InChI=1S/C23H20N4O2S/c28-22-20(30-23(24-22)26-11-13-29-14-12-26)15-18-16-27(19-9-5-2-6-10-19)25-21(18)17-7-3-1-4-8-17/h1-10,15-16H,11-14H2/b20-15+. The summed E-state index contributed by atoms with van der Waals surface area (Å²) < 4.78 is 7.25. The summed E-state index contributed by atoms with van der Waals surface area (Å²) in [4.78, 5) is 19.6. The Kier molecular flexibility index (Phi) is 5.21. The number of carbonyl (C=O) groups is 1. The first-order chi connectivity index (χ1) is 14.8. The Morgan fingerprint density at radius 2 is 1.67 bits per heavy atom. The molecule has 0 spiro atoms. The van der Waals surface area contributed by atoms with Crippen LogP contribution in [0.1, 0.15) is 5.56 Å². The molecule has 0 atom stereocenters. The van der Waals surface area contributed by atoms with Crippen molar-refractivity contribution in [3.63, 3.8) is 0 Å². The summed E-state index contributed by atoms with van der Waals surface area (Å²) >= 11 is 1.42. The first-order valence-electron chi connectivity index (χ1n) is 9.84. The number of hydrogen-bond acceptors (Lipinski definition) is 5. The number of hydrogen-bond donors (Lipinski definition) is 0. The summed E-state index contributed by atoms with van der Waals surface area (Å²) in [6, 6.07) is 20.0. The van der Waals surface area contributed by atoms with E-state index >= 15 is 0 Å². The molecule has 30 heavy (non-hydrogen) atoms. The Bertz CT molecular complexity index is 1120. The van der Waals surface area contributed by atoms with Crippen LogP contribution in [0.4, 0.5) is 0 Å². The summed E-state index contributed by atoms with van der Waals surface area (Å²) in [5.74, 6) is -0.201. The van der Waals surface area contributed by atoms with E-state index in [-0.39, 0.29) is 5.91 Å². The van der Waals surface area contributed by atoms with Crippen molar-refractivity contribution in [1.29, 1.82) is 0 Å².